The molecule has 5 aromatic rings. The van der Waals surface area contributed by atoms with Crippen LogP contribution in [-0.4, -0.2) is 30.4 Å². The summed E-state index contributed by atoms with van der Waals surface area (Å²) in [6.07, 6.45) is 7.21. The van der Waals surface area contributed by atoms with Crippen molar-refractivity contribution in [3.8, 4) is 11.5 Å². The van der Waals surface area contributed by atoms with Crippen LogP contribution >= 0.6 is 0 Å². The smallest absolute Gasteiger partial charge is 0.277 e. The highest BCUT2D eigenvalue weighted by molar-refractivity contribution is 5.80. The van der Waals surface area contributed by atoms with E-state index in [1.807, 2.05) is 42.5 Å². The second kappa shape index (κ2) is 9.38. The van der Waals surface area contributed by atoms with Gasteiger partial charge in [0.2, 0.25) is 11.8 Å². The summed E-state index contributed by atoms with van der Waals surface area (Å²) in [6, 6.07) is 13.2. The molecule has 1 aliphatic rings. The number of nitrogens with one attached hydrogen (secondary N) is 3. The highest BCUT2D eigenvalue weighted by Crippen LogP contribution is 2.35. The number of oxazole rings is 1. The predicted octanol–water partition coefficient (Wildman–Crippen LogP) is 3.44. The van der Waals surface area contributed by atoms with Crippen LogP contribution in [0.25, 0.3) is 22.4 Å². The quantitative estimate of drug-likeness (QED) is 0.329. The second-order valence-corrected chi connectivity index (χ2v) is 9.27. The van der Waals surface area contributed by atoms with Crippen LogP contribution in [0.4, 0.5) is 5.69 Å². The highest BCUT2D eigenvalue weighted by Gasteiger charge is 2.32. The van der Waals surface area contributed by atoms with Crippen molar-refractivity contribution in [2.45, 2.75) is 32.5 Å². The first-order valence-electron chi connectivity index (χ1n) is 12.1. The first-order valence-corrected chi connectivity index (χ1v) is 12.1. The summed E-state index contributed by atoms with van der Waals surface area (Å²) >= 11 is 0. The molecule has 0 saturated heterocycles. The van der Waals surface area contributed by atoms with Crippen molar-refractivity contribution in [2.75, 3.05) is 5.32 Å². The van der Waals surface area contributed by atoms with E-state index in [1.54, 1.807) is 18.6 Å². The van der Waals surface area contributed by atoms with Crippen LogP contribution in [-0.2, 0) is 24.3 Å². The van der Waals surface area contributed by atoms with Crippen LogP contribution < -0.4 is 16.2 Å². The first-order chi connectivity index (χ1) is 18.0. The third kappa shape index (κ3) is 4.49. The number of hydrogen-bond donors (Lipinski definition) is 3. The van der Waals surface area contributed by atoms with Gasteiger partial charge in [-0.3, -0.25) is 19.1 Å². The summed E-state index contributed by atoms with van der Waals surface area (Å²) in [4.78, 5) is 42.1. The van der Waals surface area contributed by atoms with E-state index < -0.39 is 0 Å². The number of carbonyl (C=O) groups excluding carboxylic acids is 1. The Kier molecular flexibility index (Phi) is 5.76. The molecular weight excluding hydrogens is 470 g/mol. The van der Waals surface area contributed by atoms with Crippen molar-refractivity contribution in [1.82, 2.24) is 29.8 Å². The molecule has 0 saturated carbocycles. The maximum absolute atomic E-state index is 13.3. The Bertz CT molecular complexity index is 1600. The molecule has 1 amide bonds. The molecule has 0 fully saturated rings. The van der Waals surface area contributed by atoms with Crippen LogP contribution in [0.2, 0.25) is 0 Å². The summed E-state index contributed by atoms with van der Waals surface area (Å²) in [5.74, 6) is 1.02. The number of benzene rings is 1. The van der Waals surface area contributed by atoms with Crippen LogP contribution in [0.15, 0.2) is 76.6 Å². The van der Waals surface area contributed by atoms with Gasteiger partial charge in [-0.15, -0.1) is 0 Å². The molecule has 1 aromatic carbocycles. The zero-order valence-corrected chi connectivity index (χ0v) is 20.1. The van der Waals surface area contributed by atoms with E-state index in [9.17, 15) is 9.59 Å². The van der Waals surface area contributed by atoms with Gasteiger partial charge in [-0.1, -0.05) is 25.1 Å². The SMILES string of the molecule is CC1Cc2ncn(CC(=O)NCc3cc4cnccc4[nH]3)c(=O)c2NC1c1cnc(-c2ccccc2)o1. The minimum atomic E-state index is -0.295. The van der Waals surface area contributed by atoms with E-state index in [4.69, 9.17) is 4.42 Å². The number of aromatic nitrogens is 5. The third-order valence-electron chi connectivity index (χ3n) is 6.62. The normalized spacial score (nSPS) is 16.8. The monoisotopic (exact) mass is 495 g/mol. The van der Waals surface area contributed by atoms with E-state index >= 15 is 0 Å². The lowest BCUT2D eigenvalue weighted by molar-refractivity contribution is -0.121. The van der Waals surface area contributed by atoms with E-state index in [1.165, 1.54) is 10.9 Å². The fraction of sp³-hybridized carbons (Fsp3) is 0.222. The molecule has 186 valence electrons. The first kappa shape index (κ1) is 22.7. The van der Waals surface area contributed by atoms with Crippen LogP contribution in [0, 0.1) is 5.92 Å². The molecule has 0 spiro atoms. The largest absolute Gasteiger partial charge is 0.439 e. The summed E-state index contributed by atoms with van der Waals surface area (Å²) in [7, 11) is 0. The summed E-state index contributed by atoms with van der Waals surface area (Å²) in [5, 5.41) is 7.14. The van der Waals surface area contributed by atoms with E-state index in [-0.39, 0.29) is 30.0 Å². The van der Waals surface area contributed by atoms with Crippen molar-refractivity contribution in [3.63, 3.8) is 0 Å². The van der Waals surface area contributed by atoms with Gasteiger partial charge >= 0.3 is 0 Å². The van der Waals surface area contributed by atoms with Gasteiger partial charge in [-0.25, -0.2) is 9.97 Å². The number of amides is 1. The molecule has 2 unspecified atom stereocenters. The molecular formula is C27H25N7O3. The number of aromatic amines is 1. The van der Waals surface area contributed by atoms with Gasteiger partial charge in [0.15, 0.2) is 0 Å². The van der Waals surface area contributed by atoms with Crippen molar-refractivity contribution in [3.05, 3.63) is 94.9 Å². The molecule has 0 radical (unpaired) electrons. The molecule has 1 aliphatic heterocycles. The lowest BCUT2D eigenvalue weighted by Crippen LogP contribution is -2.37. The third-order valence-corrected chi connectivity index (χ3v) is 6.62. The Hall–Kier alpha value is -4.73. The van der Waals surface area contributed by atoms with Crippen LogP contribution in [0.3, 0.4) is 0 Å². The highest BCUT2D eigenvalue weighted by atomic mass is 16.4. The minimum Gasteiger partial charge on any atom is -0.439 e. The van der Waals surface area contributed by atoms with Crippen molar-refractivity contribution >= 4 is 22.5 Å². The standard InChI is InChI=1S/C27H25N7O3/c1-16-9-21-25(33-24(16)22-13-30-26(37-22)17-5-3-2-4-6-17)27(36)34(15-31-21)14-23(35)29-12-19-10-18-11-28-8-7-20(18)32-19/h2-8,10-11,13,15-16,24,32-33H,9,12,14H2,1H3,(H,29,35). The number of carbonyl (C=O) groups is 1. The Morgan fingerprint density at radius 2 is 2.05 bits per heavy atom. The fourth-order valence-corrected chi connectivity index (χ4v) is 4.68. The predicted molar refractivity (Wildman–Crippen MR) is 138 cm³/mol. The molecule has 5 heterocycles. The van der Waals surface area contributed by atoms with Gasteiger partial charge in [-0.2, -0.15) is 0 Å². The number of nitrogens with zero attached hydrogens (tertiary/aromatic N) is 4. The average molecular weight is 496 g/mol. The summed E-state index contributed by atoms with van der Waals surface area (Å²) in [5.41, 5.74) is 3.46. The zero-order chi connectivity index (χ0) is 25.4. The number of H-pyrrole nitrogens is 1. The van der Waals surface area contributed by atoms with Gasteiger partial charge in [-0.05, 0) is 36.6 Å². The number of rotatable bonds is 6. The van der Waals surface area contributed by atoms with Crippen molar-refractivity contribution in [1.29, 1.82) is 0 Å². The van der Waals surface area contributed by atoms with Gasteiger partial charge in [0.1, 0.15) is 18.0 Å². The molecule has 37 heavy (non-hydrogen) atoms. The molecule has 3 N–H and O–H groups in total. The Balaban J connectivity index is 1.16. The number of fused-ring (bicyclic) bond motifs is 2. The van der Waals surface area contributed by atoms with Gasteiger partial charge < -0.3 is 20.0 Å². The summed E-state index contributed by atoms with van der Waals surface area (Å²) < 4.78 is 7.37. The topological polar surface area (TPSA) is 131 Å². The molecule has 2 atom stereocenters. The maximum Gasteiger partial charge on any atom is 0.277 e. The molecule has 0 bridgehead atoms. The molecule has 10 nitrogen and oxygen atoms in total. The number of hydrogen-bond acceptors (Lipinski definition) is 7. The van der Waals surface area contributed by atoms with Gasteiger partial charge in [0, 0.05) is 34.6 Å². The molecule has 4 aromatic heterocycles. The van der Waals surface area contributed by atoms with E-state index in [0.29, 0.717) is 36.0 Å². The molecule has 6 rings (SSSR count). The zero-order valence-electron chi connectivity index (χ0n) is 20.1. The van der Waals surface area contributed by atoms with E-state index in [0.717, 1.165) is 22.2 Å². The van der Waals surface area contributed by atoms with Crippen molar-refractivity contribution in [2.24, 2.45) is 5.92 Å². The Morgan fingerprint density at radius 3 is 2.89 bits per heavy atom. The fourth-order valence-electron chi connectivity index (χ4n) is 4.68. The van der Waals surface area contributed by atoms with Crippen LogP contribution in [0.1, 0.15) is 30.1 Å². The maximum atomic E-state index is 13.3. The Morgan fingerprint density at radius 1 is 1.19 bits per heavy atom. The lowest BCUT2D eigenvalue weighted by Gasteiger charge is -2.30. The van der Waals surface area contributed by atoms with Gasteiger partial charge in [0.05, 0.1) is 30.8 Å². The van der Waals surface area contributed by atoms with E-state index in [2.05, 4.69) is 37.5 Å². The summed E-state index contributed by atoms with van der Waals surface area (Å²) in [6.45, 7) is 2.25. The average Bonchev–Trinajstić information content (AvgIpc) is 3.57. The van der Waals surface area contributed by atoms with Crippen LogP contribution in [0.5, 0.6) is 0 Å². The second-order valence-electron chi connectivity index (χ2n) is 9.27. The molecule has 10 heteroatoms. The number of pyridine rings is 1. The van der Waals surface area contributed by atoms with Crippen molar-refractivity contribution < 1.29 is 9.21 Å². The lowest BCUT2D eigenvalue weighted by atomic mass is 9.90. The van der Waals surface area contributed by atoms with Gasteiger partial charge in [0.25, 0.3) is 5.56 Å². The molecule has 0 aliphatic carbocycles. The Labute approximate surface area is 211 Å². The number of anilines is 1. The minimum absolute atomic E-state index is 0.127.